The normalized spacial score (nSPS) is 15.3. The van der Waals surface area contributed by atoms with Gasteiger partial charge in [-0.3, -0.25) is 0 Å². The standard InChI is InChI=1S/C19H19BN4O4S/c1-27-18-11-17-13(10-16(18)20)12-21-19(23-17)22-14-2-4-15(5-3-14)29(25,26)24-6-8-28-9-7-24/h2-5,10-12H,6-9H2,1H3,(H,21,22,23). The smallest absolute Gasteiger partial charge is 0.243 e. The van der Waals surface area contributed by atoms with E-state index in [1.165, 1.54) is 4.31 Å². The molecule has 0 aliphatic carbocycles. The Morgan fingerprint density at radius 3 is 2.59 bits per heavy atom. The Morgan fingerprint density at radius 1 is 1.17 bits per heavy atom. The first kappa shape index (κ1) is 19.6. The van der Waals surface area contributed by atoms with Crippen molar-refractivity contribution in [2.24, 2.45) is 0 Å². The number of aromatic nitrogens is 2. The van der Waals surface area contributed by atoms with Crippen LogP contribution in [0.4, 0.5) is 11.6 Å². The van der Waals surface area contributed by atoms with Crippen LogP contribution in [0.2, 0.25) is 0 Å². The van der Waals surface area contributed by atoms with E-state index in [2.05, 4.69) is 15.3 Å². The lowest BCUT2D eigenvalue weighted by Gasteiger charge is -2.26. The van der Waals surface area contributed by atoms with Crippen molar-refractivity contribution >= 4 is 45.9 Å². The maximum absolute atomic E-state index is 12.7. The first-order chi connectivity index (χ1) is 14.0. The average Bonchev–Trinajstić information content (AvgIpc) is 2.74. The molecule has 1 aliphatic rings. The lowest BCUT2D eigenvalue weighted by molar-refractivity contribution is 0.0730. The highest BCUT2D eigenvalue weighted by Crippen LogP contribution is 2.22. The van der Waals surface area contributed by atoms with Gasteiger partial charge in [0.2, 0.25) is 16.0 Å². The molecule has 2 heterocycles. The van der Waals surface area contributed by atoms with Gasteiger partial charge in [-0.25, -0.2) is 18.4 Å². The predicted molar refractivity (Wildman–Crippen MR) is 111 cm³/mol. The van der Waals surface area contributed by atoms with E-state index in [4.69, 9.17) is 17.3 Å². The second-order valence-electron chi connectivity index (χ2n) is 6.51. The largest absolute Gasteiger partial charge is 0.497 e. The number of benzene rings is 2. The lowest BCUT2D eigenvalue weighted by atomic mass is 9.93. The highest BCUT2D eigenvalue weighted by atomic mass is 32.2. The Morgan fingerprint density at radius 2 is 1.90 bits per heavy atom. The fourth-order valence-corrected chi connectivity index (χ4v) is 4.50. The minimum absolute atomic E-state index is 0.240. The molecule has 1 saturated heterocycles. The van der Waals surface area contributed by atoms with E-state index in [0.29, 0.717) is 54.7 Å². The summed E-state index contributed by atoms with van der Waals surface area (Å²) < 4.78 is 37.3. The van der Waals surface area contributed by atoms with Crippen molar-refractivity contribution in [3.05, 3.63) is 42.6 Å². The van der Waals surface area contributed by atoms with E-state index in [0.717, 1.165) is 5.39 Å². The fraction of sp³-hybridized carbons (Fsp3) is 0.263. The Labute approximate surface area is 170 Å². The summed E-state index contributed by atoms with van der Waals surface area (Å²) in [7, 11) is 3.93. The van der Waals surface area contributed by atoms with Gasteiger partial charge in [0.05, 0.1) is 30.7 Å². The van der Waals surface area contributed by atoms with Crippen LogP contribution >= 0.6 is 0 Å². The Kier molecular flexibility index (Phi) is 5.40. The molecule has 1 aliphatic heterocycles. The molecule has 1 fully saturated rings. The Balaban J connectivity index is 1.55. The zero-order valence-corrected chi connectivity index (χ0v) is 16.6. The highest BCUT2D eigenvalue weighted by Gasteiger charge is 2.26. The van der Waals surface area contributed by atoms with Gasteiger partial charge in [-0.15, -0.1) is 0 Å². The van der Waals surface area contributed by atoms with Gasteiger partial charge in [0, 0.05) is 36.4 Å². The number of anilines is 2. The summed E-state index contributed by atoms with van der Waals surface area (Å²) in [6.07, 6.45) is 1.66. The number of morpholine rings is 1. The number of ether oxygens (including phenoxy) is 2. The summed E-state index contributed by atoms with van der Waals surface area (Å²) in [5.74, 6) is 0.924. The molecule has 0 saturated carbocycles. The maximum Gasteiger partial charge on any atom is 0.243 e. The number of fused-ring (bicyclic) bond motifs is 1. The minimum atomic E-state index is -3.52. The molecule has 0 spiro atoms. The van der Waals surface area contributed by atoms with Gasteiger partial charge in [0.1, 0.15) is 13.6 Å². The fourth-order valence-electron chi connectivity index (χ4n) is 3.09. The van der Waals surface area contributed by atoms with Gasteiger partial charge in [0.15, 0.2) is 0 Å². The van der Waals surface area contributed by atoms with Crippen LogP contribution in [0.3, 0.4) is 0 Å². The van der Waals surface area contributed by atoms with Gasteiger partial charge < -0.3 is 14.8 Å². The van der Waals surface area contributed by atoms with Crippen molar-refractivity contribution in [1.29, 1.82) is 0 Å². The van der Waals surface area contributed by atoms with Crippen LogP contribution in [0, 0.1) is 0 Å². The summed E-state index contributed by atoms with van der Waals surface area (Å²) in [5, 5.41) is 3.88. The molecule has 2 aromatic carbocycles. The summed E-state index contributed by atoms with van der Waals surface area (Å²) >= 11 is 0. The van der Waals surface area contributed by atoms with Crippen molar-refractivity contribution in [1.82, 2.24) is 14.3 Å². The van der Waals surface area contributed by atoms with E-state index < -0.39 is 10.0 Å². The molecule has 10 heteroatoms. The predicted octanol–water partition coefficient (Wildman–Crippen LogP) is 1.20. The zero-order valence-electron chi connectivity index (χ0n) is 15.8. The number of nitrogens with zero attached hydrogens (tertiary/aromatic N) is 3. The van der Waals surface area contributed by atoms with Gasteiger partial charge in [-0.05, 0) is 24.3 Å². The number of hydrogen-bond donors (Lipinski definition) is 1. The van der Waals surface area contributed by atoms with Crippen molar-refractivity contribution in [3.63, 3.8) is 0 Å². The third-order valence-electron chi connectivity index (χ3n) is 4.65. The van der Waals surface area contributed by atoms with E-state index in [1.54, 1.807) is 49.7 Å². The SMILES string of the molecule is [B]c1cc2cnc(Nc3ccc(S(=O)(=O)N4CCOCC4)cc3)nc2cc1OC. The van der Waals surface area contributed by atoms with Gasteiger partial charge in [0.25, 0.3) is 0 Å². The molecule has 3 aromatic rings. The van der Waals surface area contributed by atoms with E-state index in [-0.39, 0.29) is 4.90 Å². The second kappa shape index (κ2) is 7.98. The summed E-state index contributed by atoms with van der Waals surface area (Å²) in [5.41, 5.74) is 1.87. The molecule has 0 unspecified atom stereocenters. The molecule has 148 valence electrons. The zero-order chi connectivity index (χ0) is 20.4. The molecule has 29 heavy (non-hydrogen) atoms. The van der Waals surface area contributed by atoms with Crippen LogP contribution < -0.4 is 15.5 Å². The Hall–Kier alpha value is -2.69. The Bertz CT molecular complexity index is 1130. The van der Waals surface area contributed by atoms with E-state index in [1.807, 2.05) is 0 Å². The van der Waals surface area contributed by atoms with Crippen molar-refractivity contribution in [3.8, 4) is 5.75 Å². The van der Waals surface area contributed by atoms with E-state index in [9.17, 15) is 8.42 Å². The summed E-state index contributed by atoms with van der Waals surface area (Å²) in [6, 6.07) is 10.0. The molecular weight excluding hydrogens is 391 g/mol. The number of methoxy groups -OCH3 is 1. The van der Waals surface area contributed by atoms with Crippen LogP contribution in [0.5, 0.6) is 5.75 Å². The minimum Gasteiger partial charge on any atom is -0.497 e. The third kappa shape index (κ3) is 4.05. The maximum atomic E-state index is 12.7. The van der Waals surface area contributed by atoms with Gasteiger partial charge in [-0.1, -0.05) is 11.5 Å². The summed E-state index contributed by atoms with van der Waals surface area (Å²) in [4.78, 5) is 8.99. The van der Waals surface area contributed by atoms with Gasteiger partial charge in [-0.2, -0.15) is 4.31 Å². The molecule has 0 atom stereocenters. The summed E-state index contributed by atoms with van der Waals surface area (Å²) in [6.45, 7) is 1.55. The molecule has 1 aromatic heterocycles. The van der Waals surface area contributed by atoms with Crippen LogP contribution in [0.25, 0.3) is 10.9 Å². The second-order valence-corrected chi connectivity index (χ2v) is 8.45. The van der Waals surface area contributed by atoms with Crippen molar-refractivity contribution in [2.45, 2.75) is 4.90 Å². The van der Waals surface area contributed by atoms with Crippen LogP contribution in [-0.2, 0) is 14.8 Å². The van der Waals surface area contributed by atoms with E-state index >= 15 is 0 Å². The molecule has 2 radical (unpaired) electrons. The van der Waals surface area contributed by atoms with Crippen LogP contribution in [-0.4, -0.2) is 64.0 Å². The van der Waals surface area contributed by atoms with Gasteiger partial charge >= 0.3 is 0 Å². The monoisotopic (exact) mass is 410 g/mol. The van der Waals surface area contributed by atoms with Crippen molar-refractivity contribution < 1.29 is 17.9 Å². The molecule has 0 bridgehead atoms. The third-order valence-corrected chi connectivity index (χ3v) is 6.56. The number of nitrogens with one attached hydrogen (secondary N) is 1. The first-order valence-corrected chi connectivity index (χ1v) is 10.5. The average molecular weight is 410 g/mol. The quantitative estimate of drug-likeness (QED) is 0.632. The molecule has 8 nitrogen and oxygen atoms in total. The van der Waals surface area contributed by atoms with Crippen LogP contribution in [0.15, 0.2) is 47.5 Å². The lowest BCUT2D eigenvalue weighted by Crippen LogP contribution is -2.40. The number of hydrogen-bond acceptors (Lipinski definition) is 7. The molecule has 4 rings (SSSR count). The number of rotatable bonds is 5. The molecule has 0 amide bonds. The molecule has 1 N–H and O–H groups in total. The topological polar surface area (TPSA) is 93.7 Å². The van der Waals surface area contributed by atoms with Crippen molar-refractivity contribution in [2.75, 3.05) is 38.7 Å². The highest BCUT2D eigenvalue weighted by molar-refractivity contribution is 7.89. The number of sulfonamides is 1. The molecular formula is C19H19BN4O4S. The first-order valence-electron chi connectivity index (χ1n) is 9.02. The van der Waals surface area contributed by atoms with Crippen LogP contribution in [0.1, 0.15) is 0 Å².